The van der Waals surface area contributed by atoms with Gasteiger partial charge in [0.25, 0.3) is 0 Å². The van der Waals surface area contributed by atoms with E-state index >= 15 is 0 Å². The van der Waals surface area contributed by atoms with Gasteiger partial charge in [-0.05, 0) is 30.9 Å². The number of anilines is 1. The van der Waals surface area contributed by atoms with E-state index in [1.165, 1.54) is 31.4 Å². The van der Waals surface area contributed by atoms with Gasteiger partial charge in [0, 0.05) is 25.1 Å². The van der Waals surface area contributed by atoms with Gasteiger partial charge in [-0.2, -0.15) is 0 Å². The lowest BCUT2D eigenvalue weighted by Crippen LogP contribution is -2.25. The molecule has 2 heterocycles. The highest BCUT2D eigenvalue weighted by Gasteiger charge is 2.20. The van der Waals surface area contributed by atoms with Crippen LogP contribution in [0, 0.1) is 5.92 Å². The van der Waals surface area contributed by atoms with Gasteiger partial charge in [-0.15, -0.1) is 0 Å². The molecule has 4 heteroatoms. The summed E-state index contributed by atoms with van der Waals surface area (Å²) in [6.45, 7) is 1.13. The lowest BCUT2D eigenvalue weighted by Gasteiger charge is -2.21. The summed E-state index contributed by atoms with van der Waals surface area (Å²) in [5, 5.41) is 0.836. The van der Waals surface area contributed by atoms with Gasteiger partial charge in [-0.3, -0.25) is 0 Å². The van der Waals surface area contributed by atoms with E-state index in [1.807, 2.05) is 6.07 Å². The van der Waals surface area contributed by atoms with Crippen molar-refractivity contribution in [2.45, 2.75) is 31.0 Å². The Bertz CT molecular complexity index is 558. The van der Waals surface area contributed by atoms with Crippen LogP contribution in [0.1, 0.15) is 31.4 Å². The molecule has 19 heavy (non-hydrogen) atoms. The third-order valence-corrected chi connectivity index (χ3v) is 4.63. The number of hydrogen-bond acceptors (Lipinski definition) is 2. The Balaban J connectivity index is 1.90. The van der Waals surface area contributed by atoms with Gasteiger partial charge < -0.3 is 9.30 Å². The fourth-order valence-corrected chi connectivity index (χ4v) is 3.65. The number of imidazole rings is 1. The molecule has 3 rings (SSSR count). The molecule has 2 aromatic heterocycles. The smallest absolute Gasteiger partial charge is 0.151 e. The molecule has 0 atom stereocenters. The first-order valence-corrected chi connectivity index (χ1v) is 8.15. The highest BCUT2D eigenvalue weighted by Crippen LogP contribution is 2.29. The van der Waals surface area contributed by atoms with Crippen LogP contribution in [0.3, 0.4) is 0 Å². The summed E-state index contributed by atoms with van der Waals surface area (Å²) in [6.07, 6.45) is 7.64. The molecule has 0 unspecified atom stereocenters. The normalized spacial score (nSPS) is 16.3. The second kappa shape index (κ2) is 5.53. The molecule has 0 spiro atoms. The minimum Gasteiger partial charge on any atom is -0.358 e. The van der Waals surface area contributed by atoms with E-state index in [-0.39, 0.29) is 0 Å². The van der Waals surface area contributed by atoms with Gasteiger partial charge in [-0.25, -0.2) is 4.98 Å². The number of alkyl halides is 1. The Morgan fingerprint density at radius 1 is 1.37 bits per heavy atom. The third-order valence-electron chi connectivity index (χ3n) is 4.10. The molecular weight excluding hydrogens is 302 g/mol. The molecule has 1 aliphatic carbocycles. The van der Waals surface area contributed by atoms with Crippen LogP contribution < -0.4 is 4.90 Å². The molecule has 0 bridgehead atoms. The Kier molecular flexibility index (Phi) is 3.78. The summed E-state index contributed by atoms with van der Waals surface area (Å²) < 4.78 is 2.18. The zero-order valence-corrected chi connectivity index (χ0v) is 12.9. The first-order valence-electron chi connectivity index (χ1n) is 7.02. The van der Waals surface area contributed by atoms with Crippen molar-refractivity contribution in [2.24, 2.45) is 5.92 Å². The minimum absolute atomic E-state index is 0.836. The van der Waals surface area contributed by atoms with E-state index in [0.717, 1.165) is 29.3 Å². The van der Waals surface area contributed by atoms with Crippen molar-refractivity contribution in [3.63, 3.8) is 0 Å². The molecular formula is C15H20BrN3. The van der Waals surface area contributed by atoms with Crippen LogP contribution >= 0.6 is 15.9 Å². The molecule has 2 aromatic rings. The average molecular weight is 322 g/mol. The van der Waals surface area contributed by atoms with E-state index in [1.54, 1.807) is 0 Å². The summed E-state index contributed by atoms with van der Waals surface area (Å²) in [4.78, 5) is 7.12. The fourth-order valence-electron chi connectivity index (χ4n) is 3.13. The molecule has 0 aliphatic heterocycles. The van der Waals surface area contributed by atoms with Gasteiger partial charge in [-0.1, -0.05) is 34.8 Å². The van der Waals surface area contributed by atoms with E-state index in [9.17, 15) is 0 Å². The predicted molar refractivity (Wildman–Crippen MR) is 83.1 cm³/mol. The molecule has 1 aliphatic rings. The Morgan fingerprint density at radius 2 is 2.16 bits per heavy atom. The molecule has 1 saturated carbocycles. The van der Waals surface area contributed by atoms with Crippen LogP contribution in [-0.2, 0) is 5.33 Å². The van der Waals surface area contributed by atoms with Gasteiger partial charge in [0.2, 0.25) is 0 Å². The van der Waals surface area contributed by atoms with Crippen LogP contribution in [0.4, 0.5) is 5.82 Å². The maximum Gasteiger partial charge on any atom is 0.151 e. The number of nitrogens with zero attached hydrogens (tertiary/aromatic N) is 3. The number of fused-ring (bicyclic) bond motifs is 1. The molecule has 0 saturated heterocycles. The number of pyridine rings is 1. The van der Waals surface area contributed by atoms with E-state index in [0.29, 0.717) is 0 Å². The lowest BCUT2D eigenvalue weighted by atomic mass is 10.1. The van der Waals surface area contributed by atoms with Crippen LogP contribution in [0.5, 0.6) is 0 Å². The molecule has 1 fully saturated rings. The summed E-state index contributed by atoms with van der Waals surface area (Å²) in [5.41, 5.74) is 2.28. The second-order valence-corrected chi connectivity index (χ2v) is 6.04. The Hall–Kier alpha value is -1.03. The number of hydrogen-bond donors (Lipinski definition) is 0. The molecule has 0 radical (unpaired) electrons. The predicted octanol–water partition coefficient (Wildman–Crippen LogP) is 3.86. The van der Waals surface area contributed by atoms with Gasteiger partial charge in [0.1, 0.15) is 5.65 Å². The summed E-state index contributed by atoms with van der Waals surface area (Å²) in [7, 11) is 2.17. The summed E-state index contributed by atoms with van der Waals surface area (Å²) in [5.74, 6) is 1.97. The maximum absolute atomic E-state index is 4.78. The van der Waals surface area contributed by atoms with Gasteiger partial charge >= 0.3 is 0 Å². The number of halogens is 1. The highest BCUT2D eigenvalue weighted by molar-refractivity contribution is 9.08. The van der Waals surface area contributed by atoms with E-state index in [4.69, 9.17) is 4.98 Å². The van der Waals surface area contributed by atoms with Crippen molar-refractivity contribution in [3.8, 4) is 0 Å². The zero-order valence-electron chi connectivity index (χ0n) is 11.3. The zero-order chi connectivity index (χ0) is 13.2. The monoisotopic (exact) mass is 321 g/mol. The minimum atomic E-state index is 0.836. The molecule has 0 amide bonds. The summed E-state index contributed by atoms with van der Waals surface area (Å²) >= 11 is 3.60. The molecule has 0 aromatic carbocycles. The van der Waals surface area contributed by atoms with E-state index < -0.39 is 0 Å². The average Bonchev–Trinajstić information content (AvgIpc) is 3.04. The van der Waals surface area contributed by atoms with Crippen LogP contribution in [0.15, 0.2) is 24.4 Å². The topological polar surface area (TPSA) is 20.5 Å². The Labute approximate surface area is 122 Å². The second-order valence-electron chi connectivity index (χ2n) is 5.48. The van der Waals surface area contributed by atoms with Crippen molar-refractivity contribution in [1.82, 2.24) is 9.38 Å². The molecule has 0 N–H and O–H groups in total. The van der Waals surface area contributed by atoms with Gasteiger partial charge in [0.15, 0.2) is 5.82 Å². The van der Waals surface area contributed by atoms with Crippen molar-refractivity contribution in [2.75, 3.05) is 18.5 Å². The quantitative estimate of drug-likeness (QED) is 0.797. The number of aromatic nitrogens is 2. The van der Waals surface area contributed by atoms with Crippen LogP contribution in [0.25, 0.3) is 5.65 Å². The SMILES string of the molecule is CN(CC1CCCC1)c1nc2ccccn2c1CBr. The van der Waals surface area contributed by atoms with Crippen molar-refractivity contribution < 1.29 is 0 Å². The molecule has 3 nitrogen and oxygen atoms in total. The Morgan fingerprint density at radius 3 is 2.89 bits per heavy atom. The lowest BCUT2D eigenvalue weighted by molar-refractivity contribution is 0.545. The van der Waals surface area contributed by atoms with Gasteiger partial charge in [0.05, 0.1) is 5.69 Å². The molecule has 102 valence electrons. The fraction of sp³-hybridized carbons (Fsp3) is 0.533. The van der Waals surface area contributed by atoms with Crippen LogP contribution in [0.2, 0.25) is 0 Å². The van der Waals surface area contributed by atoms with Crippen molar-refractivity contribution in [3.05, 3.63) is 30.1 Å². The largest absolute Gasteiger partial charge is 0.358 e. The summed E-state index contributed by atoms with van der Waals surface area (Å²) in [6, 6.07) is 6.17. The first-order chi connectivity index (χ1) is 9.29. The van der Waals surface area contributed by atoms with E-state index in [2.05, 4.69) is 50.6 Å². The number of rotatable bonds is 4. The van der Waals surface area contributed by atoms with Crippen molar-refractivity contribution in [1.29, 1.82) is 0 Å². The first kappa shape index (κ1) is 13.0. The maximum atomic E-state index is 4.78. The highest BCUT2D eigenvalue weighted by atomic mass is 79.9. The van der Waals surface area contributed by atoms with Crippen LogP contribution in [-0.4, -0.2) is 23.0 Å². The van der Waals surface area contributed by atoms with Crippen molar-refractivity contribution >= 4 is 27.4 Å². The standard InChI is InChI=1S/C15H20BrN3/c1-18(11-12-6-2-3-7-12)15-13(10-16)19-9-5-4-8-14(19)17-15/h4-5,8-9,12H,2-3,6-7,10-11H2,1H3. The third kappa shape index (κ3) is 2.50.